The number of pyridine rings is 1. The zero-order valence-electron chi connectivity index (χ0n) is 9.52. The number of aromatic nitrogens is 1. The SMILES string of the molecule is Cc1ccc(-c2cnc(C)c(C(N)=O)c2O)o1. The maximum absolute atomic E-state index is 11.2. The molecule has 0 aromatic carbocycles. The van der Waals surface area contributed by atoms with Crippen molar-refractivity contribution < 1.29 is 14.3 Å². The summed E-state index contributed by atoms with van der Waals surface area (Å²) in [5, 5.41) is 10.0. The molecule has 5 heteroatoms. The number of carbonyl (C=O) groups excluding carboxylic acids is 1. The maximum Gasteiger partial charge on any atom is 0.254 e. The molecule has 0 aliphatic heterocycles. The second kappa shape index (κ2) is 3.93. The molecular formula is C12H12N2O3. The molecule has 5 nitrogen and oxygen atoms in total. The van der Waals surface area contributed by atoms with Gasteiger partial charge in [0, 0.05) is 6.20 Å². The molecule has 2 aromatic rings. The highest BCUT2D eigenvalue weighted by Gasteiger charge is 2.18. The van der Waals surface area contributed by atoms with Crippen LogP contribution in [0.5, 0.6) is 5.75 Å². The third-order valence-corrected chi connectivity index (χ3v) is 2.49. The van der Waals surface area contributed by atoms with Crippen LogP contribution in [0.15, 0.2) is 22.7 Å². The molecule has 0 unspecified atom stereocenters. The number of amides is 1. The summed E-state index contributed by atoms with van der Waals surface area (Å²) in [6.07, 6.45) is 1.45. The van der Waals surface area contributed by atoms with Crippen LogP contribution in [0, 0.1) is 13.8 Å². The lowest BCUT2D eigenvalue weighted by Crippen LogP contribution is -2.14. The number of furan rings is 1. The molecule has 0 aliphatic carbocycles. The van der Waals surface area contributed by atoms with Gasteiger partial charge in [-0.05, 0) is 26.0 Å². The van der Waals surface area contributed by atoms with Crippen LogP contribution in [0.1, 0.15) is 21.8 Å². The Labute approximate surface area is 97.9 Å². The van der Waals surface area contributed by atoms with E-state index in [1.54, 1.807) is 26.0 Å². The second-order valence-corrected chi connectivity index (χ2v) is 3.76. The lowest BCUT2D eigenvalue weighted by atomic mass is 10.1. The Hall–Kier alpha value is -2.30. The highest BCUT2D eigenvalue weighted by atomic mass is 16.3. The van der Waals surface area contributed by atoms with Crippen molar-refractivity contribution in [3.63, 3.8) is 0 Å². The molecule has 0 radical (unpaired) electrons. The topological polar surface area (TPSA) is 89.3 Å². The molecule has 2 aromatic heterocycles. The van der Waals surface area contributed by atoms with Crippen LogP contribution < -0.4 is 5.73 Å². The zero-order valence-corrected chi connectivity index (χ0v) is 9.52. The minimum absolute atomic E-state index is 0.0246. The molecule has 3 N–H and O–H groups in total. The predicted octanol–water partition coefficient (Wildman–Crippen LogP) is 1.76. The average molecular weight is 232 g/mol. The van der Waals surface area contributed by atoms with Crippen molar-refractivity contribution in [3.05, 3.63) is 35.3 Å². The molecule has 88 valence electrons. The maximum atomic E-state index is 11.2. The first-order valence-electron chi connectivity index (χ1n) is 5.06. The third kappa shape index (κ3) is 1.87. The highest BCUT2D eigenvalue weighted by molar-refractivity contribution is 5.98. The lowest BCUT2D eigenvalue weighted by molar-refractivity contribution is 0.0997. The molecule has 0 saturated carbocycles. The summed E-state index contributed by atoms with van der Waals surface area (Å²) in [6.45, 7) is 3.40. The first-order chi connectivity index (χ1) is 8.00. The first kappa shape index (κ1) is 11.2. The molecule has 0 atom stereocenters. The van der Waals surface area contributed by atoms with Gasteiger partial charge < -0.3 is 15.3 Å². The number of rotatable bonds is 2. The van der Waals surface area contributed by atoms with Gasteiger partial charge in [-0.1, -0.05) is 0 Å². The Kier molecular flexibility index (Phi) is 2.59. The summed E-state index contributed by atoms with van der Waals surface area (Å²) in [7, 11) is 0. The fraction of sp³-hybridized carbons (Fsp3) is 0.167. The van der Waals surface area contributed by atoms with Crippen LogP contribution in [-0.2, 0) is 0 Å². The average Bonchev–Trinajstić information content (AvgIpc) is 2.64. The fourth-order valence-corrected chi connectivity index (χ4v) is 1.65. The van der Waals surface area contributed by atoms with Crippen molar-refractivity contribution in [2.45, 2.75) is 13.8 Å². The minimum Gasteiger partial charge on any atom is -0.506 e. The van der Waals surface area contributed by atoms with Crippen LogP contribution in [0.3, 0.4) is 0 Å². The van der Waals surface area contributed by atoms with Crippen LogP contribution in [0.2, 0.25) is 0 Å². The molecule has 2 rings (SSSR count). The van der Waals surface area contributed by atoms with Crippen molar-refractivity contribution in [2.75, 3.05) is 0 Å². The van der Waals surface area contributed by atoms with Crippen molar-refractivity contribution >= 4 is 5.91 Å². The van der Waals surface area contributed by atoms with Gasteiger partial charge in [-0.25, -0.2) is 0 Å². The van der Waals surface area contributed by atoms with Crippen LogP contribution >= 0.6 is 0 Å². The van der Waals surface area contributed by atoms with Gasteiger partial charge in [0.15, 0.2) is 0 Å². The standard InChI is InChI=1S/C12H12N2O3/c1-6-3-4-9(17-6)8-5-14-7(2)10(11(8)15)12(13)16/h3-5H,1-2H3,(H2,13,16)(H,14,15). The first-order valence-corrected chi connectivity index (χ1v) is 5.06. The van der Waals surface area contributed by atoms with Crippen molar-refractivity contribution in [2.24, 2.45) is 5.73 Å². The van der Waals surface area contributed by atoms with E-state index in [0.717, 1.165) is 0 Å². The fourth-order valence-electron chi connectivity index (χ4n) is 1.65. The number of nitrogens with zero attached hydrogens (tertiary/aromatic N) is 1. The molecule has 0 aliphatic rings. The van der Waals surface area contributed by atoms with Gasteiger partial charge in [-0.3, -0.25) is 9.78 Å². The van der Waals surface area contributed by atoms with E-state index < -0.39 is 5.91 Å². The monoisotopic (exact) mass is 232 g/mol. The summed E-state index contributed by atoms with van der Waals surface area (Å²) in [6, 6.07) is 3.46. The highest BCUT2D eigenvalue weighted by Crippen LogP contribution is 2.33. The quantitative estimate of drug-likeness (QED) is 0.825. The van der Waals surface area contributed by atoms with Crippen LogP contribution in [0.4, 0.5) is 0 Å². The van der Waals surface area contributed by atoms with Crippen molar-refractivity contribution in [3.8, 4) is 17.1 Å². The normalized spacial score (nSPS) is 10.5. The molecule has 2 heterocycles. The van der Waals surface area contributed by atoms with Gasteiger partial charge in [-0.2, -0.15) is 0 Å². The number of hydrogen-bond donors (Lipinski definition) is 2. The van der Waals surface area contributed by atoms with Crippen LogP contribution in [0.25, 0.3) is 11.3 Å². The number of hydrogen-bond acceptors (Lipinski definition) is 4. The van der Waals surface area contributed by atoms with Gasteiger partial charge >= 0.3 is 0 Å². The van der Waals surface area contributed by atoms with E-state index in [-0.39, 0.29) is 11.3 Å². The van der Waals surface area contributed by atoms with E-state index >= 15 is 0 Å². The minimum atomic E-state index is -0.711. The summed E-state index contributed by atoms with van der Waals surface area (Å²) in [4.78, 5) is 15.2. The summed E-state index contributed by atoms with van der Waals surface area (Å²) in [5.74, 6) is 0.257. The van der Waals surface area contributed by atoms with Gasteiger partial charge in [-0.15, -0.1) is 0 Å². The predicted molar refractivity (Wildman–Crippen MR) is 61.6 cm³/mol. The largest absolute Gasteiger partial charge is 0.506 e. The number of nitrogens with two attached hydrogens (primary N) is 1. The van der Waals surface area contributed by atoms with Crippen molar-refractivity contribution in [1.29, 1.82) is 0 Å². The molecule has 0 bridgehead atoms. The van der Waals surface area contributed by atoms with Crippen molar-refractivity contribution in [1.82, 2.24) is 4.98 Å². The Morgan fingerprint density at radius 3 is 2.65 bits per heavy atom. The van der Waals surface area contributed by atoms with E-state index in [4.69, 9.17) is 10.2 Å². The zero-order chi connectivity index (χ0) is 12.6. The van der Waals surface area contributed by atoms with E-state index in [0.29, 0.717) is 22.8 Å². The lowest BCUT2D eigenvalue weighted by Gasteiger charge is -2.07. The molecule has 17 heavy (non-hydrogen) atoms. The second-order valence-electron chi connectivity index (χ2n) is 3.76. The van der Waals surface area contributed by atoms with E-state index in [1.165, 1.54) is 6.20 Å². The van der Waals surface area contributed by atoms with E-state index in [1.807, 2.05) is 0 Å². The number of aryl methyl sites for hydroxylation is 2. The van der Waals surface area contributed by atoms with E-state index in [9.17, 15) is 9.90 Å². The molecule has 0 saturated heterocycles. The molecular weight excluding hydrogens is 220 g/mol. The third-order valence-electron chi connectivity index (χ3n) is 2.49. The van der Waals surface area contributed by atoms with Gasteiger partial charge in [0.05, 0.1) is 11.3 Å². The number of primary amides is 1. The molecule has 1 amide bonds. The van der Waals surface area contributed by atoms with Crippen LogP contribution in [-0.4, -0.2) is 16.0 Å². The number of aromatic hydroxyl groups is 1. The van der Waals surface area contributed by atoms with Gasteiger partial charge in [0.1, 0.15) is 22.8 Å². The van der Waals surface area contributed by atoms with E-state index in [2.05, 4.69) is 4.98 Å². The van der Waals surface area contributed by atoms with Gasteiger partial charge in [0.2, 0.25) is 0 Å². The smallest absolute Gasteiger partial charge is 0.254 e. The Bertz CT molecular complexity index is 587. The van der Waals surface area contributed by atoms with Gasteiger partial charge in [0.25, 0.3) is 5.91 Å². The number of carbonyl (C=O) groups is 1. The molecule has 0 fully saturated rings. The summed E-state index contributed by atoms with van der Waals surface area (Å²) >= 11 is 0. The summed E-state index contributed by atoms with van der Waals surface area (Å²) in [5.41, 5.74) is 5.97. The molecule has 0 spiro atoms. The Morgan fingerprint density at radius 2 is 2.12 bits per heavy atom. The Balaban J connectivity index is 2.65. The summed E-state index contributed by atoms with van der Waals surface area (Å²) < 4.78 is 5.37. The Morgan fingerprint density at radius 1 is 1.41 bits per heavy atom.